The Bertz CT molecular complexity index is 829. The zero-order valence-corrected chi connectivity index (χ0v) is 21.9. The van der Waals surface area contributed by atoms with Crippen molar-refractivity contribution in [2.45, 2.75) is 45.3 Å². The highest BCUT2D eigenvalue weighted by atomic mass is 127. The third kappa shape index (κ3) is 7.10. The van der Waals surface area contributed by atoms with Crippen LogP contribution in [-0.2, 0) is 6.54 Å². The zero-order chi connectivity index (χ0) is 21.5. The molecule has 1 heterocycles. The van der Waals surface area contributed by atoms with Crippen molar-refractivity contribution in [3.63, 3.8) is 0 Å². The van der Waals surface area contributed by atoms with Crippen LogP contribution in [0.2, 0.25) is 0 Å². The number of halogens is 1. The maximum atomic E-state index is 4.45. The van der Waals surface area contributed by atoms with Crippen LogP contribution in [0.5, 0.6) is 0 Å². The minimum atomic E-state index is 0. The van der Waals surface area contributed by atoms with Gasteiger partial charge in [0.05, 0.1) is 0 Å². The van der Waals surface area contributed by atoms with Crippen LogP contribution in [-0.4, -0.2) is 51.1 Å². The van der Waals surface area contributed by atoms with E-state index < -0.39 is 0 Å². The van der Waals surface area contributed by atoms with Gasteiger partial charge in [-0.25, -0.2) is 0 Å². The summed E-state index contributed by atoms with van der Waals surface area (Å²) < 4.78 is 0. The number of anilines is 1. The van der Waals surface area contributed by atoms with Gasteiger partial charge in [0.25, 0.3) is 0 Å². The standard InChI is InChI=1S/C25H37N5.HI/c1-19-17-24(29(4)5)12-11-22(19)18-27-25(26-3)28-23-13-15-30(16-14-23)20(2)21-9-7-6-8-10-21;/h6-12,17,20,23H,13-16,18H2,1-5H3,(H2,26,27,28);1H. The van der Waals surface area contributed by atoms with Crippen LogP contribution in [0.1, 0.15) is 42.5 Å². The van der Waals surface area contributed by atoms with Crippen molar-refractivity contribution < 1.29 is 0 Å². The molecule has 1 saturated heterocycles. The van der Waals surface area contributed by atoms with Gasteiger partial charge in [-0.3, -0.25) is 9.89 Å². The predicted molar refractivity (Wildman–Crippen MR) is 144 cm³/mol. The molecule has 1 unspecified atom stereocenters. The lowest BCUT2D eigenvalue weighted by Crippen LogP contribution is -2.48. The first-order valence-electron chi connectivity index (χ1n) is 11.0. The zero-order valence-electron chi connectivity index (χ0n) is 19.6. The summed E-state index contributed by atoms with van der Waals surface area (Å²) in [6, 6.07) is 18.3. The van der Waals surface area contributed by atoms with Crippen molar-refractivity contribution in [2.24, 2.45) is 4.99 Å². The predicted octanol–water partition coefficient (Wildman–Crippen LogP) is 4.57. The summed E-state index contributed by atoms with van der Waals surface area (Å²) in [6.45, 7) is 7.48. The Morgan fingerprint density at radius 1 is 1.13 bits per heavy atom. The quantitative estimate of drug-likeness (QED) is 0.323. The summed E-state index contributed by atoms with van der Waals surface area (Å²) in [4.78, 5) is 9.16. The summed E-state index contributed by atoms with van der Waals surface area (Å²) in [5, 5.41) is 7.12. The number of rotatable bonds is 6. The monoisotopic (exact) mass is 535 g/mol. The van der Waals surface area contributed by atoms with E-state index in [0.29, 0.717) is 12.1 Å². The van der Waals surface area contributed by atoms with Crippen molar-refractivity contribution in [3.8, 4) is 0 Å². The number of likely N-dealkylation sites (tertiary alicyclic amines) is 1. The third-order valence-corrected chi connectivity index (χ3v) is 6.21. The molecule has 0 spiro atoms. The number of guanidine groups is 1. The van der Waals surface area contributed by atoms with Gasteiger partial charge in [0.1, 0.15) is 0 Å². The van der Waals surface area contributed by atoms with Gasteiger partial charge < -0.3 is 15.5 Å². The lowest BCUT2D eigenvalue weighted by molar-refractivity contribution is 0.158. The summed E-state index contributed by atoms with van der Waals surface area (Å²) in [5.41, 5.74) is 5.23. The van der Waals surface area contributed by atoms with E-state index in [2.05, 4.69) is 102 Å². The highest BCUT2D eigenvalue weighted by Gasteiger charge is 2.24. The molecule has 2 aromatic rings. The van der Waals surface area contributed by atoms with Gasteiger partial charge in [-0.1, -0.05) is 36.4 Å². The first kappa shape index (κ1) is 25.5. The maximum Gasteiger partial charge on any atom is 0.191 e. The largest absolute Gasteiger partial charge is 0.378 e. The number of nitrogens with one attached hydrogen (secondary N) is 2. The fourth-order valence-electron chi connectivity index (χ4n) is 4.10. The summed E-state index contributed by atoms with van der Waals surface area (Å²) in [6.07, 6.45) is 2.27. The Hall–Kier alpha value is -1.80. The molecule has 0 saturated carbocycles. The van der Waals surface area contributed by atoms with Crippen molar-refractivity contribution in [3.05, 3.63) is 65.2 Å². The minimum Gasteiger partial charge on any atom is -0.378 e. The van der Waals surface area contributed by atoms with Crippen molar-refractivity contribution in [1.82, 2.24) is 15.5 Å². The topological polar surface area (TPSA) is 42.9 Å². The second-order valence-electron chi connectivity index (χ2n) is 8.47. The lowest BCUT2D eigenvalue weighted by atomic mass is 10.0. The molecule has 170 valence electrons. The first-order valence-corrected chi connectivity index (χ1v) is 11.0. The summed E-state index contributed by atoms with van der Waals surface area (Å²) >= 11 is 0. The second-order valence-corrected chi connectivity index (χ2v) is 8.47. The Morgan fingerprint density at radius 3 is 2.39 bits per heavy atom. The average Bonchev–Trinajstić information content (AvgIpc) is 2.77. The van der Waals surface area contributed by atoms with Gasteiger partial charge in [-0.2, -0.15) is 0 Å². The molecule has 0 bridgehead atoms. The molecule has 0 radical (unpaired) electrons. The van der Waals surface area contributed by atoms with Crippen LogP contribution in [0.15, 0.2) is 53.5 Å². The van der Waals surface area contributed by atoms with E-state index in [1.807, 2.05) is 7.05 Å². The van der Waals surface area contributed by atoms with Gasteiger partial charge in [-0.05, 0) is 55.5 Å². The minimum absolute atomic E-state index is 0. The fraction of sp³-hybridized carbons (Fsp3) is 0.480. The molecular formula is C25H38IN5. The molecular weight excluding hydrogens is 497 g/mol. The molecule has 2 N–H and O–H groups in total. The molecule has 0 aliphatic carbocycles. The third-order valence-electron chi connectivity index (χ3n) is 6.21. The van der Waals surface area contributed by atoms with E-state index in [0.717, 1.165) is 38.4 Å². The summed E-state index contributed by atoms with van der Waals surface area (Å²) in [7, 11) is 6.00. The number of hydrogen-bond donors (Lipinski definition) is 2. The molecule has 0 aromatic heterocycles. The van der Waals surface area contributed by atoms with Crippen LogP contribution in [0.25, 0.3) is 0 Å². The molecule has 1 aliphatic heterocycles. The Labute approximate surface area is 205 Å². The molecule has 3 rings (SSSR count). The van der Waals surface area contributed by atoms with Gasteiger partial charge >= 0.3 is 0 Å². The highest BCUT2D eigenvalue weighted by Crippen LogP contribution is 2.24. The molecule has 5 nitrogen and oxygen atoms in total. The lowest BCUT2D eigenvalue weighted by Gasteiger charge is -2.37. The van der Waals surface area contributed by atoms with Crippen LogP contribution in [0, 0.1) is 6.92 Å². The van der Waals surface area contributed by atoms with E-state index in [9.17, 15) is 0 Å². The van der Waals surface area contributed by atoms with Crippen LogP contribution in [0.3, 0.4) is 0 Å². The Kier molecular flexibility index (Phi) is 10.1. The van der Waals surface area contributed by atoms with E-state index in [4.69, 9.17) is 0 Å². The number of nitrogens with zero attached hydrogens (tertiary/aromatic N) is 3. The van der Waals surface area contributed by atoms with Crippen molar-refractivity contribution in [1.29, 1.82) is 0 Å². The second kappa shape index (κ2) is 12.3. The van der Waals surface area contributed by atoms with E-state index in [1.54, 1.807) is 0 Å². The molecule has 31 heavy (non-hydrogen) atoms. The van der Waals surface area contributed by atoms with Gasteiger partial charge in [0.15, 0.2) is 5.96 Å². The SMILES string of the molecule is CN=C(NCc1ccc(N(C)C)cc1C)NC1CCN(C(C)c2ccccc2)CC1.I. The van der Waals surface area contributed by atoms with Crippen molar-refractivity contribution >= 4 is 35.6 Å². The van der Waals surface area contributed by atoms with E-state index >= 15 is 0 Å². The first-order chi connectivity index (χ1) is 14.5. The molecule has 1 fully saturated rings. The maximum absolute atomic E-state index is 4.45. The van der Waals surface area contributed by atoms with Gasteiger partial charge in [0, 0.05) is 58.5 Å². The van der Waals surface area contributed by atoms with Crippen molar-refractivity contribution in [2.75, 3.05) is 39.1 Å². The van der Waals surface area contributed by atoms with E-state index in [-0.39, 0.29) is 24.0 Å². The number of hydrogen-bond acceptors (Lipinski definition) is 3. The average molecular weight is 536 g/mol. The number of benzene rings is 2. The summed E-state index contributed by atoms with van der Waals surface area (Å²) in [5.74, 6) is 0.889. The van der Waals surface area contributed by atoms with Gasteiger partial charge in [-0.15, -0.1) is 24.0 Å². The highest BCUT2D eigenvalue weighted by molar-refractivity contribution is 14.0. The van der Waals surface area contributed by atoms with E-state index in [1.165, 1.54) is 22.4 Å². The number of aliphatic imine (C=N–C) groups is 1. The number of piperidine rings is 1. The molecule has 0 amide bonds. The van der Waals surface area contributed by atoms with Crippen LogP contribution < -0.4 is 15.5 Å². The molecule has 1 aliphatic rings. The van der Waals surface area contributed by atoms with Crippen LogP contribution >= 0.6 is 24.0 Å². The molecule has 2 aromatic carbocycles. The van der Waals surface area contributed by atoms with Crippen LogP contribution in [0.4, 0.5) is 5.69 Å². The Morgan fingerprint density at radius 2 is 1.81 bits per heavy atom. The smallest absolute Gasteiger partial charge is 0.191 e. The molecule has 1 atom stereocenters. The van der Waals surface area contributed by atoms with Gasteiger partial charge in [0.2, 0.25) is 0 Å². The number of aryl methyl sites for hydroxylation is 1. The normalized spacial score (nSPS) is 16.4. The molecule has 6 heteroatoms. The Balaban J connectivity index is 0.00000341. The fourth-order valence-corrected chi connectivity index (χ4v) is 4.10.